The van der Waals surface area contributed by atoms with Crippen LogP contribution in [0.4, 0.5) is 0 Å². The first kappa shape index (κ1) is 15.2. The first-order valence-electron chi connectivity index (χ1n) is 9.76. The Hall–Kier alpha value is -1.37. The molecular formula is C22H29N. The van der Waals surface area contributed by atoms with Gasteiger partial charge in [-0.05, 0) is 73.1 Å². The fourth-order valence-electron chi connectivity index (χ4n) is 4.79. The lowest BCUT2D eigenvalue weighted by Crippen LogP contribution is -2.14. The number of aliphatic imine (C=N–C) groups is 1. The van der Waals surface area contributed by atoms with Gasteiger partial charge in [-0.3, -0.25) is 4.99 Å². The Balaban J connectivity index is 1.51. The SMILES string of the molecule is C1=C(C2CCCCC2)CCC(c2cccc(C3CCCC3)c2)=N1. The van der Waals surface area contributed by atoms with Crippen LogP contribution in [0.3, 0.4) is 0 Å². The van der Waals surface area contributed by atoms with Gasteiger partial charge in [-0.15, -0.1) is 0 Å². The minimum atomic E-state index is 0.799. The number of benzene rings is 1. The molecule has 0 atom stereocenters. The molecule has 1 aliphatic heterocycles. The average molecular weight is 307 g/mol. The first-order valence-corrected chi connectivity index (χ1v) is 9.76. The lowest BCUT2D eigenvalue weighted by atomic mass is 9.81. The van der Waals surface area contributed by atoms with Crippen molar-refractivity contribution in [1.82, 2.24) is 0 Å². The Morgan fingerprint density at radius 3 is 2.26 bits per heavy atom. The summed E-state index contributed by atoms with van der Waals surface area (Å²) in [7, 11) is 0. The average Bonchev–Trinajstić information content (AvgIpc) is 3.18. The summed E-state index contributed by atoms with van der Waals surface area (Å²) in [5, 5.41) is 0. The quantitative estimate of drug-likeness (QED) is 0.613. The monoisotopic (exact) mass is 307 g/mol. The third kappa shape index (κ3) is 3.44. The maximum Gasteiger partial charge on any atom is 0.0479 e. The van der Waals surface area contributed by atoms with Crippen molar-refractivity contribution in [3.05, 3.63) is 47.2 Å². The molecule has 2 aliphatic carbocycles. The van der Waals surface area contributed by atoms with E-state index in [4.69, 9.17) is 4.99 Å². The molecular weight excluding hydrogens is 278 g/mol. The van der Waals surface area contributed by atoms with Crippen LogP contribution in [0.2, 0.25) is 0 Å². The van der Waals surface area contributed by atoms with Gasteiger partial charge in [-0.2, -0.15) is 0 Å². The number of hydrogen-bond acceptors (Lipinski definition) is 1. The van der Waals surface area contributed by atoms with E-state index in [9.17, 15) is 0 Å². The van der Waals surface area contributed by atoms with Crippen LogP contribution < -0.4 is 0 Å². The smallest absolute Gasteiger partial charge is 0.0479 e. The molecule has 0 unspecified atom stereocenters. The van der Waals surface area contributed by atoms with Gasteiger partial charge in [0.05, 0.1) is 0 Å². The van der Waals surface area contributed by atoms with E-state index in [0.717, 1.165) is 18.3 Å². The van der Waals surface area contributed by atoms with Gasteiger partial charge in [-0.1, -0.05) is 50.3 Å². The van der Waals surface area contributed by atoms with Crippen molar-refractivity contribution < 1.29 is 0 Å². The minimum absolute atomic E-state index is 0.799. The molecule has 122 valence electrons. The molecule has 1 nitrogen and oxygen atoms in total. The van der Waals surface area contributed by atoms with Crippen molar-refractivity contribution in [3.8, 4) is 0 Å². The van der Waals surface area contributed by atoms with Crippen molar-refractivity contribution in [2.75, 3.05) is 0 Å². The van der Waals surface area contributed by atoms with Crippen LogP contribution in [0.15, 0.2) is 41.0 Å². The zero-order valence-corrected chi connectivity index (χ0v) is 14.3. The summed E-state index contributed by atoms with van der Waals surface area (Å²) >= 11 is 0. The molecule has 23 heavy (non-hydrogen) atoms. The highest BCUT2D eigenvalue weighted by atomic mass is 14.7. The Labute approximate surface area is 140 Å². The molecule has 2 saturated carbocycles. The van der Waals surface area contributed by atoms with Gasteiger partial charge < -0.3 is 0 Å². The lowest BCUT2D eigenvalue weighted by molar-refractivity contribution is 0.394. The van der Waals surface area contributed by atoms with Crippen LogP contribution in [-0.2, 0) is 0 Å². The van der Waals surface area contributed by atoms with E-state index in [1.165, 1.54) is 75.5 Å². The largest absolute Gasteiger partial charge is 0.261 e. The summed E-state index contributed by atoms with van der Waals surface area (Å²) in [6.45, 7) is 0. The molecule has 0 amide bonds. The number of nitrogens with zero attached hydrogens (tertiary/aromatic N) is 1. The van der Waals surface area contributed by atoms with E-state index in [1.54, 1.807) is 11.1 Å². The van der Waals surface area contributed by atoms with Crippen molar-refractivity contribution in [2.24, 2.45) is 10.9 Å². The van der Waals surface area contributed by atoms with Crippen molar-refractivity contribution in [2.45, 2.75) is 76.5 Å². The van der Waals surface area contributed by atoms with Crippen molar-refractivity contribution in [1.29, 1.82) is 0 Å². The molecule has 1 aromatic carbocycles. The normalized spacial score (nSPS) is 23.7. The van der Waals surface area contributed by atoms with Crippen LogP contribution in [-0.4, -0.2) is 5.71 Å². The van der Waals surface area contributed by atoms with Gasteiger partial charge in [0.15, 0.2) is 0 Å². The van der Waals surface area contributed by atoms with Gasteiger partial charge in [0.2, 0.25) is 0 Å². The molecule has 3 aliphatic rings. The van der Waals surface area contributed by atoms with Gasteiger partial charge in [0, 0.05) is 11.9 Å². The molecule has 0 aromatic heterocycles. The van der Waals surface area contributed by atoms with E-state index in [2.05, 4.69) is 30.5 Å². The second-order valence-electron chi connectivity index (χ2n) is 7.72. The highest BCUT2D eigenvalue weighted by Gasteiger charge is 2.21. The second-order valence-corrected chi connectivity index (χ2v) is 7.72. The molecule has 2 fully saturated rings. The fraction of sp³-hybridized carbons (Fsp3) is 0.591. The molecule has 1 heterocycles. The van der Waals surface area contributed by atoms with Crippen LogP contribution in [0.1, 0.15) is 87.7 Å². The van der Waals surface area contributed by atoms with Crippen molar-refractivity contribution in [3.63, 3.8) is 0 Å². The fourth-order valence-corrected chi connectivity index (χ4v) is 4.79. The summed E-state index contributed by atoms with van der Waals surface area (Å²) in [5.74, 6) is 1.63. The lowest BCUT2D eigenvalue weighted by Gasteiger charge is -2.26. The number of rotatable bonds is 3. The van der Waals surface area contributed by atoms with E-state index in [-0.39, 0.29) is 0 Å². The molecule has 0 bridgehead atoms. The molecule has 0 N–H and O–H groups in total. The Bertz CT molecular complexity index is 598. The number of allylic oxidation sites excluding steroid dienone is 1. The first-order chi connectivity index (χ1) is 11.4. The summed E-state index contributed by atoms with van der Waals surface area (Å²) in [4.78, 5) is 4.88. The minimum Gasteiger partial charge on any atom is -0.261 e. The van der Waals surface area contributed by atoms with Crippen LogP contribution in [0.5, 0.6) is 0 Å². The zero-order valence-electron chi connectivity index (χ0n) is 14.3. The number of hydrogen-bond donors (Lipinski definition) is 0. The van der Waals surface area contributed by atoms with Gasteiger partial charge in [-0.25, -0.2) is 0 Å². The van der Waals surface area contributed by atoms with Crippen LogP contribution in [0.25, 0.3) is 0 Å². The predicted octanol–water partition coefficient (Wildman–Crippen LogP) is 6.39. The van der Waals surface area contributed by atoms with Crippen LogP contribution in [0, 0.1) is 5.92 Å². The highest BCUT2D eigenvalue weighted by Crippen LogP contribution is 2.36. The summed E-state index contributed by atoms with van der Waals surface area (Å²) in [6.07, 6.45) is 17.2. The molecule has 0 saturated heterocycles. The van der Waals surface area contributed by atoms with E-state index in [0.29, 0.717) is 0 Å². The highest BCUT2D eigenvalue weighted by molar-refractivity contribution is 6.01. The summed E-state index contributed by atoms with van der Waals surface area (Å²) in [5.41, 5.74) is 5.85. The molecule has 0 spiro atoms. The summed E-state index contributed by atoms with van der Waals surface area (Å²) < 4.78 is 0. The molecule has 1 heteroatoms. The van der Waals surface area contributed by atoms with Crippen LogP contribution >= 0.6 is 0 Å². The maximum absolute atomic E-state index is 4.88. The second kappa shape index (κ2) is 7.03. The Kier molecular flexibility index (Phi) is 4.64. The maximum atomic E-state index is 4.88. The summed E-state index contributed by atoms with van der Waals surface area (Å²) in [6, 6.07) is 9.25. The Morgan fingerprint density at radius 2 is 1.52 bits per heavy atom. The van der Waals surface area contributed by atoms with Crippen molar-refractivity contribution >= 4 is 5.71 Å². The molecule has 4 rings (SSSR count). The zero-order chi connectivity index (χ0) is 15.5. The standard InChI is InChI=1S/C22H29N/c1-2-7-18(8-3-1)21-13-14-22(23-16-21)20-12-6-11-19(15-20)17-9-4-5-10-17/h6,11-12,15-18H,1-5,7-10,13-14H2. The van der Waals surface area contributed by atoms with Gasteiger partial charge in [0.1, 0.15) is 0 Å². The third-order valence-corrected chi connectivity index (χ3v) is 6.21. The predicted molar refractivity (Wildman–Crippen MR) is 98.1 cm³/mol. The van der Waals surface area contributed by atoms with Gasteiger partial charge >= 0.3 is 0 Å². The Morgan fingerprint density at radius 1 is 0.783 bits per heavy atom. The van der Waals surface area contributed by atoms with Gasteiger partial charge in [0.25, 0.3) is 0 Å². The van der Waals surface area contributed by atoms with E-state index < -0.39 is 0 Å². The molecule has 1 aromatic rings. The van der Waals surface area contributed by atoms with E-state index >= 15 is 0 Å². The molecule has 0 radical (unpaired) electrons. The van der Waals surface area contributed by atoms with E-state index in [1.807, 2.05) is 0 Å². The third-order valence-electron chi connectivity index (χ3n) is 6.21. The topological polar surface area (TPSA) is 12.4 Å².